The van der Waals surface area contributed by atoms with Crippen molar-refractivity contribution in [2.75, 3.05) is 24.5 Å². The number of halogens is 1. The Labute approximate surface area is 191 Å². The maximum atomic E-state index is 13.4. The number of para-hydroxylation sites is 2. The molecule has 2 N–H and O–H groups in total. The van der Waals surface area contributed by atoms with E-state index < -0.39 is 27.9 Å². The predicted octanol–water partition coefficient (Wildman–Crippen LogP) is 2.80. The molecule has 2 aliphatic rings. The Morgan fingerprint density at radius 1 is 1.03 bits per heavy atom. The molecule has 4 rings (SSSR count). The van der Waals surface area contributed by atoms with Crippen LogP contribution < -0.4 is 15.4 Å². The molecule has 8 nitrogen and oxygen atoms in total. The van der Waals surface area contributed by atoms with Crippen molar-refractivity contribution in [1.29, 1.82) is 0 Å². The smallest absolute Gasteiger partial charge is 0.260 e. The molecule has 0 bridgehead atoms. The Bertz CT molecular complexity index is 1150. The fourth-order valence-corrected chi connectivity index (χ4v) is 6.00. The van der Waals surface area contributed by atoms with Crippen LogP contribution >= 0.6 is 11.6 Å². The van der Waals surface area contributed by atoms with Crippen LogP contribution in [0.2, 0.25) is 5.02 Å². The summed E-state index contributed by atoms with van der Waals surface area (Å²) < 4.78 is 33.6. The summed E-state index contributed by atoms with van der Waals surface area (Å²) in [4.78, 5) is 26.5. The van der Waals surface area contributed by atoms with Crippen molar-refractivity contribution >= 4 is 39.1 Å². The quantitative estimate of drug-likeness (QED) is 0.728. The first-order valence-electron chi connectivity index (χ1n) is 10.5. The molecule has 0 aliphatic carbocycles. The zero-order chi connectivity index (χ0) is 22.9. The van der Waals surface area contributed by atoms with Gasteiger partial charge in [0.25, 0.3) is 11.8 Å². The second kappa shape index (κ2) is 9.09. The number of anilines is 1. The molecule has 0 unspecified atom stereocenters. The summed E-state index contributed by atoms with van der Waals surface area (Å²) in [7, 11) is -3.86. The van der Waals surface area contributed by atoms with Gasteiger partial charge in [0.05, 0.1) is 17.3 Å². The first kappa shape index (κ1) is 22.6. The number of nitrogens with zero attached hydrogens (tertiary/aromatic N) is 2. The van der Waals surface area contributed by atoms with E-state index in [9.17, 15) is 18.0 Å². The molecule has 2 heterocycles. The van der Waals surface area contributed by atoms with E-state index in [1.807, 2.05) is 0 Å². The van der Waals surface area contributed by atoms with Crippen molar-refractivity contribution in [1.82, 2.24) is 4.31 Å². The van der Waals surface area contributed by atoms with Gasteiger partial charge in [0.1, 0.15) is 10.6 Å². The number of fused-ring (bicyclic) bond motifs is 1. The predicted molar refractivity (Wildman–Crippen MR) is 120 cm³/mol. The minimum Gasteiger partial charge on any atom is -0.477 e. The highest BCUT2D eigenvalue weighted by Gasteiger charge is 2.34. The van der Waals surface area contributed by atoms with Gasteiger partial charge in [-0.25, -0.2) is 8.42 Å². The van der Waals surface area contributed by atoms with Crippen molar-refractivity contribution in [3.8, 4) is 5.75 Å². The van der Waals surface area contributed by atoms with E-state index >= 15 is 0 Å². The van der Waals surface area contributed by atoms with Crippen LogP contribution in [0.3, 0.4) is 0 Å². The molecule has 2 aromatic carbocycles. The summed E-state index contributed by atoms with van der Waals surface area (Å²) in [6.07, 6.45) is 2.52. The Balaban J connectivity index is 1.70. The van der Waals surface area contributed by atoms with Crippen molar-refractivity contribution < 1.29 is 22.7 Å². The normalized spacial score (nSPS) is 19.5. The van der Waals surface area contributed by atoms with Gasteiger partial charge >= 0.3 is 0 Å². The van der Waals surface area contributed by atoms with Crippen LogP contribution in [0, 0.1) is 0 Å². The molecular formula is C22H24ClN3O5S. The highest BCUT2D eigenvalue weighted by atomic mass is 35.5. The first-order valence-corrected chi connectivity index (χ1v) is 12.3. The van der Waals surface area contributed by atoms with E-state index in [1.54, 1.807) is 24.3 Å². The Kier molecular flexibility index (Phi) is 6.41. The zero-order valence-electron chi connectivity index (χ0n) is 17.4. The average Bonchev–Trinajstić information content (AvgIpc) is 3.08. The first-order chi connectivity index (χ1) is 15.3. The lowest BCUT2D eigenvalue weighted by molar-refractivity contribution is -0.124. The van der Waals surface area contributed by atoms with Gasteiger partial charge in [0.2, 0.25) is 10.0 Å². The molecule has 2 aromatic rings. The topological polar surface area (TPSA) is 110 Å². The van der Waals surface area contributed by atoms with Crippen LogP contribution in [0.25, 0.3) is 0 Å². The van der Waals surface area contributed by atoms with Gasteiger partial charge < -0.3 is 15.4 Å². The molecule has 1 atom stereocenters. The van der Waals surface area contributed by atoms with Gasteiger partial charge in [-0.1, -0.05) is 36.6 Å². The van der Waals surface area contributed by atoms with E-state index in [0.29, 0.717) is 24.5 Å². The van der Waals surface area contributed by atoms with Crippen molar-refractivity contribution in [3.63, 3.8) is 0 Å². The van der Waals surface area contributed by atoms with Crippen LogP contribution in [-0.2, 0) is 14.8 Å². The fourth-order valence-electron chi connectivity index (χ4n) is 3.99. The fraction of sp³-hybridized carbons (Fsp3) is 0.364. The second-order valence-corrected chi connectivity index (χ2v) is 10.2. The van der Waals surface area contributed by atoms with Crippen LogP contribution in [0.15, 0.2) is 47.4 Å². The molecule has 2 amide bonds. The van der Waals surface area contributed by atoms with E-state index in [4.69, 9.17) is 22.1 Å². The molecule has 0 spiro atoms. The number of sulfonamides is 1. The molecule has 2 aliphatic heterocycles. The summed E-state index contributed by atoms with van der Waals surface area (Å²) in [5.74, 6) is -0.823. The zero-order valence-corrected chi connectivity index (χ0v) is 18.9. The number of hydrogen-bond acceptors (Lipinski definition) is 5. The van der Waals surface area contributed by atoms with Crippen molar-refractivity contribution in [3.05, 3.63) is 53.1 Å². The average molecular weight is 478 g/mol. The highest BCUT2D eigenvalue weighted by Crippen LogP contribution is 2.35. The Morgan fingerprint density at radius 2 is 1.72 bits per heavy atom. The molecule has 1 fully saturated rings. The van der Waals surface area contributed by atoms with Gasteiger partial charge in [-0.3, -0.25) is 9.59 Å². The number of carbonyl (C=O) groups excluding carboxylic acids is 2. The number of benzene rings is 2. The van der Waals surface area contributed by atoms with Crippen molar-refractivity contribution in [2.45, 2.75) is 36.7 Å². The Morgan fingerprint density at radius 3 is 2.41 bits per heavy atom. The molecule has 0 saturated carbocycles. The number of amides is 2. The van der Waals surface area contributed by atoms with Crippen LogP contribution in [0.5, 0.6) is 5.75 Å². The maximum absolute atomic E-state index is 13.4. The number of hydrogen-bond donors (Lipinski definition) is 1. The lowest BCUT2D eigenvalue weighted by Gasteiger charge is -2.33. The van der Waals surface area contributed by atoms with Crippen LogP contribution in [-0.4, -0.2) is 50.3 Å². The molecule has 0 aromatic heterocycles. The lowest BCUT2D eigenvalue weighted by atomic mass is 10.1. The third kappa shape index (κ3) is 4.32. The number of ether oxygens (including phenoxy) is 1. The van der Waals surface area contributed by atoms with E-state index in [2.05, 4.69) is 0 Å². The van der Waals surface area contributed by atoms with Gasteiger partial charge in [0, 0.05) is 18.7 Å². The molecule has 10 heteroatoms. The monoisotopic (exact) mass is 477 g/mol. The number of rotatable bonds is 4. The summed E-state index contributed by atoms with van der Waals surface area (Å²) in [6.45, 7) is 0.768. The van der Waals surface area contributed by atoms with Crippen LogP contribution in [0.1, 0.15) is 36.0 Å². The summed E-state index contributed by atoms with van der Waals surface area (Å²) in [5.41, 5.74) is 6.03. The summed E-state index contributed by atoms with van der Waals surface area (Å²) in [6, 6.07) is 11.0. The molecule has 170 valence electrons. The number of nitrogens with two attached hydrogens (primary N) is 1. The Hall–Kier alpha value is -2.62. The molecular weight excluding hydrogens is 454 g/mol. The number of carbonyl (C=O) groups is 2. The van der Waals surface area contributed by atoms with Crippen molar-refractivity contribution in [2.24, 2.45) is 5.73 Å². The van der Waals surface area contributed by atoms with E-state index in [1.165, 1.54) is 27.4 Å². The summed E-state index contributed by atoms with van der Waals surface area (Å²) in [5, 5.41) is 0.0585. The maximum Gasteiger partial charge on any atom is 0.260 e. The minimum absolute atomic E-state index is 0.0585. The highest BCUT2D eigenvalue weighted by molar-refractivity contribution is 7.89. The largest absolute Gasteiger partial charge is 0.477 e. The second-order valence-electron chi connectivity index (χ2n) is 7.86. The van der Waals surface area contributed by atoms with E-state index in [-0.39, 0.29) is 22.0 Å². The SMILES string of the molecule is NC(=O)[C@H]1CN(C(=O)c2ccc(Cl)c(S(=O)(=O)N3CCCCCC3)c2)c2ccccc2O1. The molecule has 1 saturated heterocycles. The number of primary amides is 1. The minimum atomic E-state index is -3.86. The standard InChI is InChI=1S/C22H24ClN3O5S/c23-16-10-9-15(13-20(16)32(29,30)25-11-5-1-2-6-12-25)22(28)26-14-19(21(24)27)31-18-8-4-3-7-17(18)26/h3-4,7-10,13,19H,1-2,5-6,11-12,14H2,(H2,24,27)/t19-/m1/s1. The molecule has 32 heavy (non-hydrogen) atoms. The van der Waals surface area contributed by atoms with Crippen LogP contribution in [0.4, 0.5) is 5.69 Å². The third-order valence-electron chi connectivity index (χ3n) is 5.70. The van der Waals surface area contributed by atoms with Gasteiger partial charge in [-0.2, -0.15) is 4.31 Å². The van der Waals surface area contributed by atoms with Gasteiger partial charge in [-0.15, -0.1) is 0 Å². The van der Waals surface area contributed by atoms with Gasteiger partial charge in [-0.05, 0) is 43.2 Å². The van der Waals surface area contributed by atoms with Gasteiger partial charge in [0.15, 0.2) is 6.10 Å². The van der Waals surface area contributed by atoms with E-state index in [0.717, 1.165) is 25.7 Å². The summed E-state index contributed by atoms with van der Waals surface area (Å²) >= 11 is 6.27. The third-order valence-corrected chi connectivity index (χ3v) is 8.08. The molecule has 0 radical (unpaired) electrons. The lowest BCUT2D eigenvalue weighted by Crippen LogP contribution is -2.49.